The van der Waals surface area contributed by atoms with E-state index in [1.54, 1.807) is 14.2 Å². The highest BCUT2D eigenvalue weighted by molar-refractivity contribution is 4.94. The smallest absolute Gasteiger partial charge is 0.0589 e. The highest BCUT2D eigenvalue weighted by Gasteiger charge is 2.36. The Bertz CT molecular complexity index is 258. The molecular formula is C16H35N3O2. The molecule has 1 saturated heterocycles. The maximum atomic E-state index is 6.23. The summed E-state index contributed by atoms with van der Waals surface area (Å²) in [5.74, 6) is 0. The number of hydrogen-bond donors (Lipinski definition) is 1. The Hall–Kier alpha value is -0.200. The molecule has 126 valence electrons. The van der Waals surface area contributed by atoms with Crippen LogP contribution in [0.3, 0.4) is 0 Å². The van der Waals surface area contributed by atoms with Crippen LogP contribution in [0.25, 0.3) is 0 Å². The van der Waals surface area contributed by atoms with Gasteiger partial charge in [0.25, 0.3) is 0 Å². The van der Waals surface area contributed by atoms with Gasteiger partial charge in [-0.1, -0.05) is 6.92 Å². The van der Waals surface area contributed by atoms with E-state index in [0.717, 1.165) is 45.8 Å². The van der Waals surface area contributed by atoms with Gasteiger partial charge < -0.3 is 20.1 Å². The fourth-order valence-corrected chi connectivity index (χ4v) is 3.41. The van der Waals surface area contributed by atoms with Gasteiger partial charge in [-0.25, -0.2) is 0 Å². The Labute approximate surface area is 130 Å². The topological polar surface area (TPSA) is 51.0 Å². The Balaban J connectivity index is 2.72. The first-order chi connectivity index (χ1) is 10.2. The summed E-state index contributed by atoms with van der Waals surface area (Å²) in [6.07, 6.45) is 4.79. The molecule has 0 aromatic rings. The van der Waals surface area contributed by atoms with E-state index in [-0.39, 0.29) is 5.54 Å². The first-order valence-corrected chi connectivity index (χ1v) is 8.37. The molecule has 1 unspecified atom stereocenters. The Morgan fingerprint density at radius 2 is 1.76 bits per heavy atom. The molecule has 5 nitrogen and oxygen atoms in total. The van der Waals surface area contributed by atoms with E-state index in [1.807, 2.05) is 0 Å². The molecule has 5 heteroatoms. The van der Waals surface area contributed by atoms with E-state index < -0.39 is 0 Å². The van der Waals surface area contributed by atoms with Gasteiger partial charge in [-0.3, -0.25) is 4.90 Å². The van der Waals surface area contributed by atoms with Crippen molar-refractivity contribution in [3.8, 4) is 0 Å². The quantitative estimate of drug-likeness (QED) is 0.656. The second-order valence-corrected chi connectivity index (χ2v) is 6.10. The van der Waals surface area contributed by atoms with Crippen molar-refractivity contribution in [2.45, 2.75) is 38.1 Å². The molecule has 0 radical (unpaired) electrons. The number of rotatable bonds is 10. The third-order valence-corrected chi connectivity index (χ3v) is 4.73. The highest BCUT2D eigenvalue weighted by Crippen LogP contribution is 2.28. The largest absolute Gasteiger partial charge is 0.383 e. The van der Waals surface area contributed by atoms with Crippen LogP contribution >= 0.6 is 0 Å². The van der Waals surface area contributed by atoms with Crippen LogP contribution in [0.15, 0.2) is 0 Å². The SMILES string of the molecule is CCCN1CCCC(CN)(N(CCOC)CCOC)CC1. The summed E-state index contributed by atoms with van der Waals surface area (Å²) in [7, 11) is 3.53. The van der Waals surface area contributed by atoms with Crippen LogP contribution in [0, 0.1) is 0 Å². The van der Waals surface area contributed by atoms with Gasteiger partial charge in [-0.05, 0) is 45.3 Å². The monoisotopic (exact) mass is 301 g/mol. The van der Waals surface area contributed by atoms with Crippen LogP contribution in [0.5, 0.6) is 0 Å². The van der Waals surface area contributed by atoms with Crippen molar-refractivity contribution < 1.29 is 9.47 Å². The zero-order valence-corrected chi connectivity index (χ0v) is 14.3. The Kier molecular flexibility index (Phi) is 9.44. The third kappa shape index (κ3) is 5.83. The predicted molar refractivity (Wildman–Crippen MR) is 87.7 cm³/mol. The number of nitrogens with two attached hydrogens (primary N) is 1. The lowest BCUT2D eigenvalue weighted by Gasteiger charge is -2.43. The van der Waals surface area contributed by atoms with Crippen LogP contribution in [-0.4, -0.2) is 82.0 Å². The molecule has 0 amide bonds. The van der Waals surface area contributed by atoms with Crippen molar-refractivity contribution in [1.29, 1.82) is 0 Å². The summed E-state index contributed by atoms with van der Waals surface area (Å²) in [6, 6.07) is 0. The van der Waals surface area contributed by atoms with Crippen molar-refractivity contribution in [3.63, 3.8) is 0 Å². The zero-order chi connectivity index (χ0) is 15.6. The molecule has 1 aliphatic rings. The number of ether oxygens (including phenoxy) is 2. The average Bonchev–Trinajstić information content (AvgIpc) is 2.71. The van der Waals surface area contributed by atoms with Crippen LogP contribution in [0.2, 0.25) is 0 Å². The van der Waals surface area contributed by atoms with Gasteiger partial charge in [-0.15, -0.1) is 0 Å². The minimum Gasteiger partial charge on any atom is -0.383 e. The van der Waals surface area contributed by atoms with Gasteiger partial charge in [0, 0.05) is 39.4 Å². The van der Waals surface area contributed by atoms with Crippen molar-refractivity contribution in [3.05, 3.63) is 0 Å². The van der Waals surface area contributed by atoms with Crippen LogP contribution in [0.4, 0.5) is 0 Å². The van der Waals surface area contributed by atoms with Crippen molar-refractivity contribution in [2.24, 2.45) is 5.73 Å². The lowest BCUT2D eigenvalue weighted by atomic mass is 9.88. The van der Waals surface area contributed by atoms with E-state index in [0.29, 0.717) is 0 Å². The van der Waals surface area contributed by atoms with Gasteiger partial charge >= 0.3 is 0 Å². The summed E-state index contributed by atoms with van der Waals surface area (Å²) in [6.45, 7) is 9.92. The third-order valence-electron chi connectivity index (χ3n) is 4.73. The number of methoxy groups -OCH3 is 2. The van der Waals surface area contributed by atoms with Gasteiger partial charge in [-0.2, -0.15) is 0 Å². The van der Waals surface area contributed by atoms with Gasteiger partial charge in [0.2, 0.25) is 0 Å². The first-order valence-electron chi connectivity index (χ1n) is 8.37. The highest BCUT2D eigenvalue weighted by atomic mass is 16.5. The van der Waals surface area contributed by atoms with E-state index in [4.69, 9.17) is 15.2 Å². The molecule has 0 saturated carbocycles. The molecule has 0 aromatic heterocycles. The molecule has 1 heterocycles. The summed E-state index contributed by atoms with van der Waals surface area (Å²) < 4.78 is 10.6. The van der Waals surface area contributed by atoms with Gasteiger partial charge in [0.05, 0.1) is 13.2 Å². The van der Waals surface area contributed by atoms with E-state index in [9.17, 15) is 0 Å². The molecule has 0 spiro atoms. The number of likely N-dealkylation sites (tertiary alicyclic amines) is 1. The zero-order valence-electron chi connectivity index (χ0n) is 14.3. The minimum atomic E-state index is 0.111. The summed E-state index contributed by atoms with van der Waals surface area (Å²) in [5.41, 5.74) is 6.34. The minimum absolute atomic E-state index is 0.111. The number of nitrogens with zero attached hydrogens (tertiary/aromatic N) is 2. The molecule has 0 aliphatic carbocycles. The predicted octanol–water partition coefficient (Wildman–Crippen LogP) is 1.17. The lowest BCUT2D eigenvalue weighted by molar-refractivity contribution is 0.0281. The molecular weight excluding hydrogens is 266 g/mol. The summed E-state index contributed by atoms with van der Waals surface area (Å²) in [5, 5.41) is 0. The molecule has 0 bridgehead atoms. The van der Waals surface area contributed by atoms with Crippen molar-refractivity contribution >= 4 is 0 Å². The fourth-order valence-electron chi connectivity index (χ4n) is 3.41. The average molecular weight is 301 g/mol. The van der Waals surface area contributed by atoms with E-state index >= 15 is 0 Å². The molecule has 21 heavy (non-hydrogen) atoms. The van der Waals surface area contributed by atoms with Gasteiger partial charge in [0.15, 0.2) is 0 Å². The second kappa shape index (κ2) is 10.5. The first kappa shape index (κ1) is 18.8. The van der Waals surface area contributed by atoms with E-state index in [1.165, 1.54) is 32.4 Å². The van der Waals surface area contributed by atoms with Crippen molar-refractivity contribution in [1.82, 2.24) is 9.80 Å². The number of hydrogen-bond acceptors (Lipinski definition) is 5. The van der Waals surface area contributed by atoms with E-state index in [2.05, 4.69) is 16.7 Å². The molecule has 1 aliphatic heterocycles. The molecule has 2 N–H and O–H groups in total. The molecule has 1 atom stereocenters. The normalized spacial score (nSPS) is 24.4. The summed E-state index contributed by atoms with van der Waals surface area (Å²) >= 11 is 0. The molecule has 1 fully saturated rings. The van der Waals surface area contributed by atoms with Crippen LogP contribution < -0.4 is 5.73 Å². The van der Waals surface area contributed by atoms with Crippen LogP contribution in [0.1, 0.15) is 32.6 Å². The Morgan fingerprint density at radius 3 is 2.29 bits per heavy atom. The second-order valence-electron chi connectivity index (χ2n) is 6.10. The van der Waals surface area contributed by atoms with Gasteiger partial charge in [0.1, 0.15) is 0 Å². The molecule has 1 rings (SSSR count). The summed E-state index contributed by atoms with van der Waals surface area (Å²) in [4.78, 5) is 5.09. The maximum Gasteiger partial charge on any atom is 0.0589 e. The van der Waals surface area contributed by atoms with Crippen molar-refractivity contribution in [2.75, 3.05) is 66.7 Å². The lowest BCUT2D eigenvalue weighted by Crippen LogP contribution is -2.56. The standard InChI is InChI=1S/C16H35N3O2/c1-4-8-18-9-5-6-16(15-17,7-10-18)19(11-13-20-2)12-14-21-3/h4-15,17H2,1-3H3. The maximum absolute atomic E-state index is 6.23. The molecule has 0 aromatic carbocycles. The Morgan fingerprint density at radius 1 is 1.10 bits per heavy atom. The fraction of sp³-hybridized carbons (Fsp3) is 1.00. The van der Waals surface area contributed by atoms with Crippen LogP contribution in [-0.2, 0) is 9.47 Å².